The number of hydrogen-bond acceptors (Lipinski definition) is 4. The van der Waals surface area contributed by atoms with Crippen molar-refractivity contribution in [2.45, 2.75) is 12.8 Å². The molecular formula is C17H25N5O2. The highest BCUT2D eigenvalue weighted by atomic mass is 16.5. The van der Waals surface area contributed by atoms with Gasteiger partial charge in [0.1, 0.15) is 0 Å². The number of pyridine rings is 1. The van der Waals surface area contributed by atoms with Gasteiger partial charge in [0, 0.05) is 57.6 Å². The molecule has 0 radical (unpaired) electrons. The van der Waals surface area contributed by atoms with E-state index in [2.05, 4.69) is 25.5 Å². The summed E-state index contributed by atoms with van der Waals surface area (Å²) in [6, 6.07) is 3.51. The smallest absolute Gasteiger partial charge is 0.252 e. The van der Waals surface area contributed by atoms with Crippen molar-refractivity contribution in [1.29, 1.82) is 0 Å². The lowest BCUT2D eigenvalue weighted by Crippen LogP contribution is -2.44. The maximum atomic E-state index is 12.0. The van der Waals surface area contributed by atoms with Gasteiger partial charge in [-0.3, -0.25) is 14.8 Å². The monoisotopic (exact) mass is 331 g/mol. The molecule has 2 N–H and O–H groups in total. The minimum Gasteiger partial charge on any atom is -0.381 e. The SMILES string of the molecule is CN=C(NCCNC(=O)c1cccnc1)N1CCC2(CCOC2)C1. The standard InChI is InChI=1S/C17H25N5O2/c1-18-16(22-9-4-17(12-22)5-10-24-13-17)21-8-7-20-15(23)14-3-2-6-19-11-14/h2-3,6,11H,4-5,7-10,12-13H2,1H3,(H,18,21)(H,20,23). The maximum absolute atomic E-state index is 12.0. The predicted octanol–water partition coefficient (Wildman–Crippen LogP) is 0.499. The largest absolute Gasteiger partial charge is 0.381 e. The van der Waals surface area contributed by atoms with Crippen LogP contribution in [0.1, 0.15) is 23.2 Å². The van der Waals surface area contributed by atoms with E-state index in [1.807, 2.05) is 0 Å². The van der Waals surface area contributed by atoms with Crippen LogP contribution in [-0.4, -0.2) is 68.2 Å². The van der Waals surface area contributed by atoms with Crippen LogP contribution in [0, 0.1) is 5.41 Å². The van der Waals surface area contributed by atoms with Gasteiger partial charge in [-0.15, -0.1) is 0 Å². The van der Waals surface area contributed by atoms with E-state index in [-0.39, 0.29) is 5.91 Å². The Balaban J connectivity index is 1.41. The number of rotatable bonds is 4. The summed E-state index contributed by atoms with van der Waals surface area (Å²) in [6.45, 7) is 4.91. The lowest BCUT2D eigenvalue weighted by molar-refractivity contribution is 0.0954. The molecule has 130 valence electrons. The Morgan fingerprint density at radius 3 is 3.00 bits per heavy atom. The van der Waals surface area contributed by atoms with Crippen LogP contribution in [-0.2, 0) is 4.74 Å². The van der Waals surface area contributed by atoms with E-state index in [4.69, 9.17) is 4.74 Å². The molecule has 24 heavy (non-hydrogen) atoms. The van der Waals surface area contributed by atoms with E-state index in [1.165, 1.54) is 0 Å². The van der Waals surface area contributed by atoms with Crippen molar-refractivity contribution >= 4 is 11.9 Å². The van der Waals surface area contributed by atoms with Crippen LogP contribution in [0.2, 0.25) is 0 Å². The van der Waals surface area contributed by atoms with Crippen LogP contribution in [0.5, 0.6) is 0 Å². The summed E-state index contributed by atoms with van der Waals surface area (Å²) in [7, 11) is 1.80. The van der Waals surface area contributed by atoms with Crippen LogP contribution in [0.25, 0.3) is 0 Å². The van der Waals surface area contributed by atoms with Gasteiger partial charge < -0.3 is 20.3 Å². The van der Waals surface area contributed by atoms with E-state index in [0.29, 0.717) is 24.1 Å². The molecule has 3 heterocycles. The second-order valence-corrected chi connectivity index (χ2v) is 6.45. The van der Waals surface area contributed by atoms with Gasteiger partial charge in [-0.2, -0.15) is 0 Å². The van der Waals surface area contributed by atoms with Gasteiger partial charge in [-0.05, 0) is 25.0 Å². The van der Waals surface area contributed by atoms with E-state index in [1.54, 1.807) is 31.6 Å². The first kappa shape index (κ1) is 16.7. The molecule has 0 aromatic carbocycles. The summed E-state index contributed by atoms with van der Waals surface area (Å²) >= 11 is 0. The molecule has 7 heteroatoms. The van der Waals surface area contributed by atoms with Crippen molar-refractivity contribution in [1.82, 2.24) is 20.5 Å². The summed E-state index contributed by atoms with van der Waals surface area (Å²) in [5.74, 6) is 0.789. The van der Waals surface area contributed by atoms with Gasteiger partial charge in [0.25, 0.3) is 5.91 Å². The molecule has 2 aliphatic heterocycles. The molecule has 7 nitrogen and oxygen atoms in total. The molecule has 2 fully saturated rings. The van der Waals surface area contributed by atoms with Gasteiger partial charge in [0.15, 0.2) is 5.96 Å². The van der Waals surface area contributed by atoms with Crippen molar-refractivity contribution in [3.63, 3.8) is 0 Å². The number of amides is 1. The third-order valence-corrected chi connectivity index (χ3v) is 4.75. The van der Waals surface area contributed by atoms with Crippen molar-refractivity contribution in [3.8, 4) is 0 Å². The minimum atomic E-state index is -0.108. The van der Waals surface area contributed by atoms with Crippen LogP contribution in [0.4, 0.5) is 0 Å². The third kappa shape index (κ3) is 3.84. The van der Waals surface area contributed by atoms with Gasteiger partial charge in [-0.1, -0.05) is 0 Å². The van der Waals surface area contributed by atoms with E-state index in [0.717, 1.165) is 45.1 Å². The molecule has 0 saturated carbocycles. The summed E-state index contributed by atoms with van der Waals surface area (Å²) in [6.07, 6.45) is 5.52. The molecule has 3 rings (SSSR count). The number of aliphatic imine (C=N–C) groups is 1. The summed E-state index contributed by atoms with van der Waals surface area (Å²) in [5, 5.41) is 6.21. The fourth-order valence-electron chi connectivity index (χ4n) is 3.37. The van der Waals surface area contributed by atoms with Crippen molar-refractivity contribution < 1.29 is 9.53 Å². The zero-order valence-corrected chi connectivity index (χ0v) is 14.1. The van der Waals surface area contributed by atoms with Gasteiger partial charge in [0.2, 0.25) is 0 Å². The maximum Gasteiger partial charge on any atom is 0.252 e. The molecule has 0 bridgehead atoms. The Bertz CT molecular complexity index is 584. The molecule has 1 aromatic rings. The number of carbonyl (C=O) groups excluding carboxylic acids is 1. The third-order valence-electron chi connectivity index (χ3n) is 4.75. The average Bonchev–Trinajstić information content (AvgIpc) is 3.26. The first-order valence-electron chi connectivity index (χ1n) is 8.44. The molecule has 1 spiro atoms. The van der Waals surface area contributed by atoms with Crippen LogP contribution in [0.15, 0.2) is 29.5 Å². The van der Waals surface area contributed by atoms with Crippen LogP contribution < -0.4 is 10.6 Å². The minimum absolute atomic E-state index is 0.108. The Hall–Kier alpha value is -2.15. The fraction of sp³-hybridized carbons (Fsp3) is 0.588. The lowest BCUT2D eigenvalue weighted by atomic mass is 9.87. The lowest BCUT2D eigenvalue weighted by Gasteiger charge is -2.25. The summed E-state index contributed by atoms with van der Waals surface area (Å²) in [5.41, 5.74) is 0.885. The van der Waals surface area contributed by atoms with E-state index < -0.39 is 0 Å². The molecule has 1 aromatic heterocycles. The molecule has 1 amide bonds. The number of carbonyl (C=O) groups is 1. The quantitative estimate of drug-likeness (QED) is 0.477. The number of ether oxygens (including phenoxy) is 1. The number of hydrogen-bond donors (Lipinski definition) is 2. The highest BCUT2D eigenvalue weighted by Gasteiger charge is 2.42. The molecule has 2 saturated heterocycles. The van der Waals surface area contributed by atoms with Crippen molar-refractivity contribution in [3.05, 3.63) is 30.1 Å². The molecule has 1 unspecified atom stereocenters. The Morgan fingerprint density at radius 1 is 1.42 bits per heavy atom. The summed E-state index contributed by atoms with van der Waals surface area (Å²) < 4.78 is 5.57. The van der Waals surface area contributed by atoms with E-state index >= 15 is 0 Å². The second-order valence-electron chi connectivity index (χ2n) is 6.45. The van der Waals surface area contributed by atoms with Crippen LogP contribution in [0.3, 0.4) is 0 Å². The Labute approximate surface area is 142 Å². The van der Waals surface area contributed by atoms with Gasteiger partial charge in [0.05, 0.1) is 12.2 Å². The topological polar surface area (TPSA) is 78.8 Å². The molecule has 1 atom stereocenters. The van der Waals surface area contributed by atoms with Crippen LogP contribution >= 0.6 is 0 Å². The first-order valence-corrected chi connectivity index (χ1v) is 8.44. The molecular weight excluding hydrogens is 306 g/mol. The fourth-order valence-corrected chi connectivity index (χ4v) is 3.37. The zero-order valence-electron chi connectivity index (χ0n) is 14.1. The number of likely N-dealkylation sites (tertiary alicyclic amines) is 1. The van der Waals surface area contributed by atoms with Crippen molar-refractivity contribution in [2.24, 2.45) is 10.4 Å². The molecule has 2 aliphatic rings. The van der Waals surface area contributed by atoms with E-state index in [9.17, 15) is 4.79 Å². The van der Waals surface area contributed by atoms with Crippen molar-refractivity contribution in [2.75, 3.05) is 46.4 Å². The first-order chi connectivity index (χ1) is 11.7. The normalized spacial score (nSPS) is 23.7. The Kier molecular flexibility index (Phi) is 5.30. The number of aromatic nitrogens is 1. The second kappa shape index (κ2) is 7.61. The zero-order chi connectivity index (χ0) is 16.8. The van der Waals surface area contributed by atoms with Gasteiger partial charge >= 0.3 is 0 Å². The number of guanidine groups is 1. The highest BCUT2D eigenvalue weighted by Crippen LogP contribution is 2.38. The number of nitrogens with one attached hydrogen (secondary N) is 2. The summed E-state index contributed by atoms with van der Waals surface area (Å²) in [4.78, 5) is 22.6. The van der Waals surface area contributed by atoms with Gasteiger partial charge in [-0.25, -0.2) is 0 Å². The number of nitrogens with zero attached hydrogens (tertiary/aromatic N) is 3. The predicted molar refractivity (Wildman–Crippen MR) is 92.0 cm³/mol. The Morgan fingerprint density at radius 2 is 2.29 bits per heavy atom. The average molecular weight is 331 g/mol. The highest BCUT2D eigenvalue weighted by molar-refractivity contribution is 5.93. The molecule has 0 aliphatic carbocycles.